The molecule has 1 aromatic carbocycles. The van der Waals surface area contributed by atoms with E-state index in [0.29, 0.717) is 23.2 Å². The second kappa shape index (κ2) is 8.83. The molecule has 3 aromatic rings. The van der Waals surface area contributed by atoms with Crippen molar-refractivity contribution in [2.24, 2.45) is 0 Å². The molecule has 0 saturated carbocycles. The van der Waals surface area contributed by atoms with Gasteiger partial charge in [0.25, 0.3) is 0 Å². The molecule has 1 atom stereocenters. The molecule has 1 aliphatic carbocycles. The first-order valence-electron chi connectivity index (χ1n) is 9.75. The van der Waals surface area contributed by atoms with E-state index < -0.39 is 18.7 Å². The molecule has 0 aliphatic heterocycles. The van der Waals surface area contributed by atoms with Crippen LogP contribution >= 0.6 is 22.9 Å². The number of halogens is 2. The van der Waals surface area contributed by atoms with Crippen LogP contribution in [-0.4, -0.2) is 27.7 Å². The molecule has 0 amide bonds. The molecular weight excluding hydrogens is 429 g/mol. The third-order valence-electron chi connectivity index (χ3n) is 5.11. The van der Waals surface area contributed by atoms with Crippen molar-refractivity contribution in [3.8, 4) is 0 Å². The van der Waals surface area contributed by atoms with Crippen LogP contribution < -0.4 is 5.32 Å². The van der Waals surface area contributed by atoms with E-state index in [4.69, 9.17) is 21.4 Å². The van der Waals surface area contributed by atoms with Gasteiger partial charge >= 0.3 is 5.97 Å². The van der Waals surface area contributed by atoms with Crippen LogP contribution in [0.5, 0.6) is 0 Å². The fourth-order valence-electron chi connectivity index (χ4n) is 3.60. The number of anilines is 1. The number of nitrogens with one attached hydrogen (secondary N) is 1. The second-order valence-electron chi connectivity index (χ2n) is 7.26. The lowest BCUT2D eigenvalue weighted by atomic mass is 9.97. The summed E-state index contributed by atoms with van der Waals surface area (Å²) in [6, 6.07) is 4.30. The molecule has 30 heavy (non-hydrogen) atoms. The minimum atomic E-state index is -1.04. The standard InChI is InChI=1S/C21H21ClFN3O3S/c1-11(29-10-17(27)28)19-25-20(24-9-12-6-7-13(23)8-15(12)22)18-14-4-2-3-5-16(14)30-21(18)26-19/h6-8,11H,2-5,9-10H2,1H3,(H,27,28)(H,24,25,26). The summed E-state index contributed by atoms with van der Waals surface area (Å²) in [5, 5.41) is 13.6. The maximum absolute atomic E-state index is 13.4. The Hall–Kier alpha value is -2.29. The average Bonchev–Trinajstić information content (AvgIpc) is 3.09. The lowest BCUT2D eigenvalue weighted by Crippen LogP contribution is -2.13. The lowest BCUT2D eigenvalue weighted by Gasteiger charge is -2.15. The zero-order valence-corrected chi connectivity index (χ0v) is 17.9. The lowest BCUT2D eigenvalue weighted by molar-refractivity contribution is -0.144. The number of aryl methyl sites for hydroxylation is 2. The summed E-state index contributed by atoms with van der Waals surface area (Å²) in [4.78, 5) is 22.4. The van der Waals surface area contributed by atoms with Crippen LogP contribution in [-0.2, 0) is 28.9 Å². The summed E-state index contributed by atoms with van der Waals surface area (Å²) in [5.74, 6) is -0.332. The number of hydrogen-bond donors (Lipinski definition) is 2. The van der Waals surface area contributed by atoms with E-state index >= 15 is 0 Å². The van der Waals surface area contributed by atoms with E-state index in [9.17, 15) is 9.18 Å². The quantitative estimate of drug-likeness (QED) is 0.519. The topological polar surface area (TPSA) is 84.3 Å². The highest BCUT2D eigenvalue weighted by atomic mass is 35.5. The maximum atomic E-state index is 13.4. The Morgan fingerprint density at radius 2 is 2.17 bits per heavy atom. The van der Waals surface area contributed by atoms with Gasteiger partial charge in [0.2, 0.25) is 0 Å². The van der Waals surface area contributed by atoms with Gasteiger partial charge in [-0.1, -0.05) is 17.7 Å². The molecule has 1 aliphatic rings. The molecule has 9 heteroatoms. The largest absolute Gasteiger partial charge is 0.480 e. The van der Waals surface area contributed by atoms with Crippen LogP contribution in [0, 0.1) is 5.82 Å². The number of carbonyl (C=O) groups is 1. The molecule has 6 nitrogen and oxygen atoms in total. The first-order chi connectivity index (χ1) is 14.4. The zero-order valence-electron chi connectivity index (χ0n) is 16.4. The molecule has 0 radical (unpaired) electrons. The van der Waals surface area contributed by atoms with Gasteiger partial charge in [0.1, 0.15) is 29.2 Å². The maximum Gasteiger partial charge on any atom is 0.329 e. The molecule has 2 aromatic heterocycles. The third-order valence-corrected chi connectivity index (χ3v) is 6.65. The van der Waals surface area contributed by atoms with Crippen molar-refractivity contribution in [1.82, 2.24) is 9.97 Å². The predicted molar refractivity (Wildman–Crippen MR) is 115 cm³/mol. The van der Waals surface area contributed by atoms with Crippen molar-refractivity contribution in [3.05, 3.63) is 50.9 Å². The van der Waals surface area contributed by atoms with Gasteiger partial charge in [0, 0.05) is 16.4 Å². The summed E-state index contributed by atoms with van der Waals surface area (Å²) in [6.45, 7) is 1.69. The monoisotopic (exact) mass is 449 g/mol. The predicted octanol–water partition coefficient (Wildman–Crippen LogP) is 5.14. The van der Waals surface area contributed by atoms with Gasteiger partial charge in [-0.05, 0) is 55.9 Å². The number of rotatable bonds is 7. The number of aliphatic carboxylic acids is 1. The van der Waals surface area contributed by atoms with E-state index in [-0.39, 0.29) is 5.82 Å². The second-order valence-corrected chi connectivity index (χ2v) is 8.75. The zero-order chi connectivity index (χ0) is 21.3. The van der Waals surface area contributed by atoms with Crippen molar-refractivity contribution in [2.75, 3.05) is 11.9 Å². The molecule has 0 saturated heterocycles. The summed E-state index contributed by atoms with van der Waals surface area (Å²) >= 11 is 7.83. The normalized spacial score (nSPS) is 14.5. The van der Waals surface area contributed by atoms with Crippen LogP contribution in [0.1, 0.15) is 47.7 Å². The Kier molecular flexibility index (Phi) is 6.17. The van der Waals surface area contributed by atoms with Crippen LogP contribution in [0.2, 0.25) is 5.02 Å². The third kappa shape index (κ3) is 4.40. The van der Waals surface area contributed by atoms with Crippen molar-refractivity contribution in [1.29, 1.82) is 0 Å². The number of fused-ring (bicyclic) bond motifs is 3. The summed E-state index contributed by atoms with van der Waals surface area (Å²) in [6.07, 6.45) is 3.73. The Balaban J connectivity index is 1.70. The molecule has 0 fully saturated rings. The highest BCUT2D eigenvalue weighted by molar-refractivity contribution is 7.19. The molecule has 4 rings (SSSR count). The highest BCUT2D eigenvalue weighted by Gasteiger charge is 2.23. The molecule has 0 bridgehead atoms. The fourth-order valence-corrected chi connectivity index (χ4v) is 5.10. The number of ether oxygens (including phenoxy) is 1. The van der Waals surface area contributed by atoms with Crippen molar-refractivity contribution in [2.45, 2.75) is 45.3 Å². The van der Waals surface area contributed by atoms with E-state index in [1.807, 2.05) is 0 Å². The van der Waals surface area contributed by atoms with Gasteiger partial charge in [-0.25, -0.2) is 19.2 Å². The minimum absolute atomic E-state index is 0.346. The smallest absolute Gasteiger partial charge is 0.329 e. The number of aromatic nitrogens is 2. The number of hydrogen-bond acceptors (Lipinski definition) is 6. The van der Waals surface area contributed by atoms with E-state index in [1.165, 1.54) is 22.6 Å². The average molecular weight is 450 g/mol. The number of thiophene rings is 1. The molecule has 2 N–H and O–H groups in total. The Morgan fingerprint density at radius 3 is 2.93 bits per heavy atom. The van der Waals surface area contributed by atoms with Gasteiger partial charge in [-0.15, -0.1) is 11.3 Å². The van der Waals surface area contributed by atoms with Crippen LogP contribution in [0.15, 0.2) is 18.2 Å². The van der Waals surface area contributed by atoms with Crippen LogP contribution in [0.25, 0.3) is 10.2 Å². The van der Waals surface area contributed by atoms with Crippen LogP contribution in [0.3, 0.4) is 0 Å². The Bertz CT molecular complexity index is 1100. The van der Waals surface area contributed by atoms with Gasteiger partial charge in [0.05, 0.1) is 5.39 Å². The SMILES string of the molecule is CC(OCC(=O)O)c1nc(NCc2ccc(F)cc2Cl)c2c3c(sc2n1)CCCC3. The summed E-state index contributed by atoms with van der Waals surface area (Å²) < 4.78 is 18.7. The van der Waals surface area contributed by atoms with E-state index in [0.717, 1.165) is 41.5 Å². The van der Waals surface area contributed by atoms with Crippen molar-refractivity contribution < 1.29 is 19.0 Å². The Labute approximate surface area is 182 Å². The van der Waals surface area contributed by atoms with Gasteiger partial charge in [-0.2, -0.15) is 0 Å². The fraction of sp³-hybridized carbons (Fsp3) is 0.381. The van der Waals surface area contributed by atoms with E-state index in [1.54, 1.807) is 24.3 Å². The molecular formula is C21H21ClFN3O3S. The first-order valence-corrected chi connectivity index (χ1v) is 10.9. The van der Waals surface area contributed by atoms with Gasteiger partial charge in [0.15, 0.2) is 5.82 Å². The van der Waals surface area contributed by atoms with Gasteiger partial charge < -0.3 is 15.2 Å². The number of benzene rings is 1. The Morgan fingerprint density at radius 1 is 1.37 bits per heavy atom. The van der Waals surface area contributed by atoms with Crippen molar-refractivity contribution in [3.63, 3.8) is 0 Å². The summed E-state index contributed by atoms with van der Waals surface area (Å²) in [7, 11) is 0. The van der Waals surface area contributed by atoms with Gasteiger partial charge in [-0.3, -0.25) is 0 Å². The highest BCUT2D eigenvalue weighted by Crippen LogP contribution is 2.39. The molecule has 158 valence electrons. The summed E-state index contributed by atoms with van der Waals surface area (Å²) in [5.41, 5.74) is 2.03. The first kappa shape index (κ1) is 21.0. The van der Waals surface area contributed by atoms with Crippen LogP contribution in [0.4, 0.5) is 10.2 Å². The molecule has 2 heterocycles. The number of carboxylic acid groups (broad SMARTS) is 1. The number of carboxylic acids is 1. The number of nitrogens with zero attached hydrogens (tertiary/aromatic N) is 2. The molecule has 0 spiro atoms. The minimum Gasteiger partial charge on any atom is -0.480 e. The van der Waals surface area contributed by atoms with Crippen molar-refractivity contribution >= 4 is 44.9 Å². The molecule has 1 unspecified atom stereocenters. The van der Waals surface area contributed by atoms with E-state index in [2.05, 4.69) is 15.3 Å².